The molecule has 6 heteroatoms. The van der Waals surface area contributed by atoms with Crippen molar-refractivity contribution in [1.82, 2.24) is 0 Å². The quantitative estimate of drug-likeness (QED) is 0.799. The van der Waals surface area contributed by atoms with Crippen LogP contribution in [0.15, 0.2) is 16.6 Å². The third-order valence-electron chi connectivity index (χ3n) is 2.64. The van der Waals surface area contributed by atoms with E-state index >= 15 is 0 Å². The number of ether oxygens (including phenoxy) is 1. The first kappa shape index (κ1) is 15.4. The summed E-state index contributed by atoms with van der Waals surface area (Å²) >= 11 is 3.20. The van der Waals surface area contributed by atoms with Crippen molar-refractivity contribution in [3.63, 3.8) is 0 Å². The van der Waals surface area contributed by atoms with E-state index in [2.05, 4.69) is 15.9 Å². The highest BCUT2D eigenvalue weighted by molar-refractivity contribution is 9.10. The fourth-order valence-electron chi connectivity index (χ4n) is 1.66. The number of rotatable bonds is 7. The van der Waals surface area contributed by atoms with Gasteiger partial charge in [0.15, 0.2) is 5.82 Å². The lowest BCUT2D eigenvalue weighted by Gasteiger charge is -2.25. The highest BCUT2D eigenvalue weighted by Crippen LogP contribution is 2.29. The molecule has 0 saturated carbocycles. The van der Waals surface area contributed by atoms with E-state index < -0.39 is 0 Å². The molecule has 0 atom stereocenters. The summed E-state index contributed by atoms with van der Waals surface area (Å²) in [5, 5.41) is 9.02. The van der Waals surface area contributed by atoms with Crippen molar-refractivity contribution < 1.29 is 14.2 Å². The number of nitrogens with zero attached hydrogens (tertiary/aromatic N) is 1. The van der Waals surface area contributed by atoms with E-state index in [1.807, 2.05) is 0 Å². The minimum absolute atomic E-state index is 0.0422. The van der Waals surface area contributed by atoms with Crippen molar-refractivity contribution in [1.29, 1.82) is 0 Å². The molecule has 18 heavy (non-hydrogen) atoms. The number of hydrogen-bond donors (Lipinski definition) is 2. The zero-order chi connectivity index (χ0) is 13.5. The fourth-order valence-corrected chi connectivity index (χ4v) is 2.15. The maximum Gasteiger partial charge on any atom is 0.160 e. The van der Waals surface area contributed by atoms with Crippen LogP contribution in [-0.2, 0) is 11.3 Å². The molecule has 0 spiro atoms. The van der Waals surface area contributed by atoms with Gasteiger partial charge in [-0.3, -0.25) is 0 Å². The lowest BCUT2D eigenvalue weighted by atomic mass is 10.2. The number of nitrogens with two attached hydrogens (primary N) is 1. The van der Waals surface area contributed by atoms with Crippen LogP contribution in [0.25, 0.3) is 0 Å². The van der Waals surface area contributed by atoms with E-state index in [0.29, 0.717) is 35.4 Å². The molecule has 4 nitrogen and oxygen atoms in total. The van der Waals surface area contributed by atoms with Crippen molar-refractivity contribution in [2.75, 3.05) is 38.3 Å². The van der Waals surface area contributed by atoms with Gasteiger partial charge < -0.3 is 20.5 Å². The van der Waals surface area contributed by atoms with Gasteiger partial charge in [0.25, 0.3) is 0 Å². The molecule has 1 aromatic rings. The molecule has 0 aliphatic rings. The molecule has 0 aliphatic carbocycles. The molecule has 3 N–H and O–H groups in total. The molecule has 0 heterocycles. The second kappa shape index (κ2) is 7.68. The largest absolute Gasteiger partial charge is 0.395 e. The Hall–Kier alpha value is -0.690. The molecular weight excluding hydrogens is 303 g/mol. The molecule has 0 radical (unpaired) electrons. The van der Waals surface area contributed by atoms with Gasteiger partial charge in [-0.25, -0.2) is 4.39 Å². The molecular formula is C12H18BrFN2O2. The van der Waals surface area contributed by atoms with Crippen molar-refractivity contribution in [3.8, 4) is 0 Å². The monoisotopic (exact) mass is 320 g/mol. The summed E-state index contributed by atoms with van der Waals surface area (Å²) in [5.74, 6) is -0.359. The number of aliphatic hydroxyl groups is 1. The van der Waals surface area contributed by atoms with Gasteiger partial charge in [-0.15, -0.1) is 0 Å². The second-order valence-electron chi connectivity index (χ2n) is 3.78. The lowest BCUT2D eigenvalue weighted by Crippen LogP contribution is -2.31. The van der Waals surface area contributed by atoms with Crippen LogP contribution >= 0.6 is 15.9 Å². The Morgan fingerprint density at radius 1 is 1.44 bits per heavy atom. The number of anilines is 1. The van der Waals surface area contributed by atoms with Crippen molar-refractivity contribution in [3.05, 3.63) is 28.0 Å². The van der Waals surface area contributed by atoms with E-state index in [1.54, 1.807) is 24.1 Å². The Labute approximate surface area is 115 Å². The normalized spacial score (nSPS) is 10.7. The van der Waals surface area contributed by atoms with Gasteiger partial charge >= 0.3 is 0 Å². The summed E-state index contributed by atoms with van der Waals surface area (Å²) in [7, 11) is 1.58. The highest BCUT2D eigenvalue weighted by atomic mass is 79.9. The van der Waals surface area contributed by atoms with Gasteiger partial charge in [-0.05, 0) is 27.6 Å². The van der Waals surface area contributed by atoms with Crippen molar-refractivity contribution in [2.24, 2.45) is 5.73 Å². The standard InChI is InChI=1S/C12H18BrFN2O2/c1-18-7-5-16(4-6-17)10-3-2-9(8-15)11(13)12(10)14/h2-3,17H,4-8,15H2,1H3. The number of aliphatic hydroxyl groups excluding tert-OH is 1. The Morgan fingerprint density at radius 2 is 2.17 bits per heavy atom. The molecule has 0 unspecified atom stereocenters. The average molecular weight is 321 g/mol. The summed E-state index contributed by atoms with van der Waals surface area (Å²) in [4.78, 5) is 1.74. The molecule has 1 aromatic carbocycles. The molecule has 0 fully saturated rings. The van der Waals surface area contributed by atoms with E-state index in [9.17, 15) is 4.39 Å². The van der Waals surface area contributed by atoms with Crippen molar-refractivity contribution >= 4 is 21.6 Å². The first-order valence-electron chi connectivity index (χ1n) is 5.67. The molecule has 0 aromatic heterocycles. The molecule has 102 valence electrons. The van der Waals surface area contributed by atoms with Gasteiger partial charge in [0.1, 0.15) is 0 Å². The van der Waals surface area contributed by atoms with Crippen LogP contribution in [0.1, 0.15) is 5.56 Å². The number of benzene rings is 1. The average Bonchev–Trinajstić information content (AvgIpc) is 2.38. The van der Waals surface area contributed by atoms with Gasteiger partial charge in [0.2, 0.25) is 0 Å². The number of methoxy groups -OCH3 is 1. The first-order chi connectivity index (χ1) is 8.65. The van der Waals surface area contributed by atoms with Gasteiger partial charge in [-0.1, -0.05) is 6.07 Å². The summed E-state index contributed by atoms with van der Waals surface area (Å²) < 4.78 is 19.5. The SMILES string of the molecule is COCCN(CCO)c1ccc(CN)c(Br)c1F. The predicted molar refractivity (Wildman–Crippen MR) is 73.2 cm³/mol. The molecule has 0 saturated heterocycles. The fraction of sp³-hybridized carbons (Fsp3) is 0.500. The molecule has 0 amide bonds. The lowest BCUT2D eigenvalue weighted by molar-refractivity contribution is 0.202. The summed E-state index contributed by atoms with van der Waals surface area (Å²) in [6, 6.07) is 3.45. The minimum atomic E-state index is -0.359. The predicted octanol–water partition coefficient (Wildman–Crippen LogP) is 1.49. The maximum atomic E-state index is 14.2. The Bertz CT molecular complexity index is 391. The smallest absolute Gasteiger partial charge is 0.160 e. The third kappa shape index (κ3) is 3.65. The second-order valence-corrected chi connectivity index (χ2v) is 4.57. The Balaban J connectivity index is 3.00. The zero-order valence-electron chi connectivity index (χ0n) is 10.3. The summed E-state index contributed by atoms with van der Waals surface area (Å²) in [6.45, 7) is 1.57. The molecule has 1 rings (SSSR count). The Morgan fingerprint density at radius 3 is 2.72 bits per heavy atom. The van der Waals surface area contributed by atoms with E-state index in [4.69, 9.17) is 15.6 Å². The van der Waals surface area contributed by atoms with Crippen LogP contribution in [0.3, 0.4) is 0 Å². The summed E-state index contributed by atoms with van der Waals surface area (Å²) in [5.41, 5.74) is 6.66. The summed E-state index contributed by atoms with van der Waals surface area (Å²) in [6.07, 6.45) is 0. The number of hydrogen-bond acceptors (Lipinski definition) is 4. The topological polar surface area (TPSA) is 58.7 Å². The van der Waals surface area contributed by atoms with E-state index in [0.717, 1.165) is 0 Å². The third-order valence-corrected chi connectivity index (χ3v) is 3.50. The van der Waals surface area contributed by atoms with Gasteiger partial charge in [-0.2, -0.15) is 0 Å². The zero-order valence-corrected chi connectivity index (χ0v) is 11.9. The highest BCUT2D eigenvalue weighted by Gasteiger charge is 2.15. The van der Waals surface area contributed by atoms with Crippen LogP contribution in [0.4, 0.5) is 10.1 Å². The minimum Gasteiger partial charge on any atom is -0.395 e. The van der Waals surface area contributed by atoms with Gasteiger partial charge in [0, 0.05) is 26.7 Å². The maximum absolute atomic E-state index is 14.2. The first-order valence-corrected chi connectivity index (χ1v) is 6.46. The van der Waals surface area contributed by atoms with Crippen LogP contribution in [-0.4, -0.2) is 38.5 Å². The van der Waals surface area contributed by atoms with Crippen LogP contribution in [0.5, 0.6) is 0 Å². The van der Waals surface area contributed by atoms with Crippen LogP contribution in [0, 0.1) is 5.82 Å². The molecule has 0 aliphatic heterocycles. The molecule has 0 bridgehead atoms. The van der Waals surface area contributed by atoms with E-state index in [1.165, 1.54) is 0 Å². The Kier molecular flexibility index (Phi) is 6.56. The number of halogens is 2. The van der Waals surface area contributed by atoms with Crippen LogP contribution in [0.2, 0.25) is 0 Å². The van der Waals surface area contributed by atoms with E-state index in [-0.39, 0.29) is 19.0 Å². The van der Waals surface area contributed by atoms with Crippen LogP contribution < -0.4 is 10.6 Å². The van der Waals surface area contributed by atoms with Crippen molar-refractivity contribution in [2.45, 2.75) is 6.54 Å². The van der Waals surface area contributed by atoms with Gasteiger partial charge in [0.05, 0.1) is 23.4 Å².